The lowest BCUT2D eigenvalue weighted by Gasteiger charge is -2.23. The Morgan fingerprint density at radius 1 is 1.08 bits per heavy atom. The van der Waals surface area contributed by atoms with E-state index in [9.17, 15) is 27.2 Å². The minimum absolute atomic E-state index is 0.00974. The molecule has 1 fully saturated rings. The molecule has 9 nitrogen and oxygen atoms in total. The van der Waals surface area contributed by atoms with E-state index >= 15 is 8.78 Å². The first kappa shape index (κ1) is 31.5. The van der Waals surface area contributed by atoms with E-state index in [0.717, 1.165) is 17.8 Å². The number of benzene rings is 1. The molecule has 1 aromatic carbocycles. The fourth-order valence-corrected chi connectivity index (χ4v) is 6.52. The van der Waals surface area contributed by atoms with Crippen molar-refractivity contribution < 1.29 is 31.1 Å². The molecule has 1 N–H and O–H groups in total. The molecule has 15 heteroatoms. The highest BCUT2D eigenvalue weighted by molar-refractivity contribution is 5.77. The lowest BCUT2D eigenvalue weighted by atomic mass is 10.0. The molecule has 2 aliphatic carbocycles. The summed E-state index contributed by atoms with van der Waals surface area (Å²) in [5, 5.41) is 6.47. The number of amides is 1. The molecule has 48 heavy (non-hydrogen) atoms. The topological polar surface area (TPSA) is 108 Å². The van der Waals surface area contributed by atoms with Gasteiger partial charge in [0.25, 0.3) is 17.9 Å². The van der Waals surface area contributed by atoms with Crippen molar-refractivity contribution in [3.8, 4) is 5.69 Å². The molecule has 0 radical (unpaired) electrons. The Morgan fingerprint density at radius 2 is 1.83 bits per heavy atom. The Morgan fingerprint density at radius 3 is 2.50 bits per heavy atom. The maximum atomic E-state index is 15.2. The van der Waals surface area contributed by atoms with Crippen LogP contribution in [0.4, 0.5) is 26.3 Å². The summed E-state index contributed by atoms with van der Waals surface area (Å²) < 4.78 is 88.5. The molecular formula is C33H27F6N7O2. The van der Waals surface area contributed by atoms with Crippen molar-refractivity contribution in [1.29, 1.82) is 0 Å². The van der Waals surface area contributed by atoms with Crippen molar-refractivity contribution in [1.82, 2.24) is 34.6 Å². The molecule has 0 spiro atoms. The molecule has 0 aliphatic heterocycles. The Kier molecular flexibility index (Phi) is 7.59. The molecule has 4 aromatic heterocycles. The number of carbonyl (C=O) groups is 1. The van der Waals surface area contributed by atoms with Crippen LogP contribution in [0.1, 0.15) is 78.6 Å². The van der Waals surface area contributed by atoms with Gasteiger partial charge in [0, 0.05) is 35.9 Å². The lowest BCUT2D eigenvalue weighted by Crippen LogP contribution is -2.38. The number of nitrogens with one attached hydrogen (secondary N) is 1. The summed E-state index contributed by atoms with van der Waals surface area (Å²) >= 11 is 0. The quantitative estimate of drug-likeness (QED) is 0.193. The Bertz CT molecular complexity index is 2110. The molecule has 1 amide bonds. The molecule has 5 aromatic rings. The molecule has 1 saturated carbocycles. The summed E-state index contributed by atoms with van der Waals surface area (Å²) in [7, 11) is 0. The van der Waals surface area contributed by atoms with Crippen LogP contribution in [-0.2, 0) is 23.7 Å². The van der Waals surface area contributed by atoms with Crippen LogP contribution in [0.2, 0.25) is 0 Å². The highest BCUT2D eigenvalue weighted by atomic mass is 19.3. The van der Waals surface area contributed by atoms with Gasteiger partial charge < -0.3 is 5.32 Å². The third kappa shape index (κ3) is 5.40. The number of pyridine rings is 2. The summed E-state index contributed by atoms with van der Waals surface area (Å²) in [6, 6.07) is 7.81. The first-order chi connectivity index (χ1) is 22.8. The zero-order valence-electron chi connectivity index (χ0n) is 25.5. The van der Waals surface area contributed by atoms with E-state index in [1.807, 2.05) is 13.8 Å². The molecule has 4 heterocycles. The molecule has 0 bridgehead atoms. The first-order valence-corrected chi connectivity index (χ1v) is 15.2. The SMILES string of the molecule is CC(C)c1ccc(-n2c([C@H](Cc3cc(F)cc(F)c3)NC(=O)Cn3nc(C(F)F)c4c3C(F)(F)C3C[C@H]43)nc3ncccc3c2=O)cn1. The van der Waals surface area contributed by atoms with E-state index in [1.165, 1.54) is 23.0 Å². The van der Waals surface area contributed by atoms with E-state index in [4.69, 9.17) is 0 Å². The summed E-state index contributed by atoms with van der Waals surface area (Å²) in [5.41, 5.74) is -1.26. The number of nitrogens with zero attached hydrogens (tertiary/aromatic N) is 6. The third-order valence-corrected chi connectivity index (χ3v) is 8.76. The number of halogens is 6. The molecule has 3 atom stereocenters. The standard InChI is InChI=1S/C33H27F6N7O2/c1-15(2)23-6-5-19(13-41-23)46-31(43-30-20(32(46)48)4-3-7-40-30)24(10-16-8-17(34)11-18(35)9-16)42-25(47)14-45-28-26(27(44-45)29(36)37)21-12-22(21)33(28,38)39/h3-9,11,13,15,21-22,24,29H,10,12,14H2,1-2H3,(H,42,47)/t21-,22?,24-/m0/s1. The average Bonchev–Trinajstić information content (AvgIpc) is 3.69. The monoisotopic (exact) mass is 667 g/mol. The number of hydrogen-bond donors (Lipinski definition) is 1. The van der Waals surface area contributed by atoms with Gasteiger partial charge in [0.1, 0.15) is 35.4 Å². The van der Waals surface area contributed by atoms with Crippen LogP contribution in [-0.4, -0.2) is 35.2 Å². The Hall–Kier alpha value is -5.08. The molecule has 1 unspecified atom stereocenters. The largest absolute Gasteiger partial charge is 0.344 e. The van der Waals surface area contributed by atoms with Gasteiger partial charge in [0.2, 0.25) is 5.91 Å². The number of aromatic nitrogens is 6. The Balaban J connectivity index is 1.33. The van der Waals surface area contributed by atoms with Gasteiger partial charge in [0.15, 0.2) is 5.65 Å². The van der Waals surface area contributed by atoms with Crippen molar-refractivity contribution in [2.24, 2.45) is 5.92 Å². The second kappa shape index (κ2) is 11.6. The number of fused-ring (bicyclic) bond motifs is 4. The Labute approximate surface area is 268 Å². The number of carbonyl (C=O) groups excluding carboxylic acids is 1. The first-order valence-electron chi connectivity index (χ1n) is 15.2. The maximum absolute atomic E-state index is 15.2. The van der Waals surface area contributed by atoms with Crippen molar-refractivity contribution in [3.05, 3.63) is 111 Å². The van der Waals surface area contributed by atoms with Crippen LogP contribution < -0.4 is 10.9 Å². The van der Waals surface area contributed by atoms with E-state index in [2.05, 4.69) is 25.4 Å². The van der Waals surface area contributed by atoms with Gasteiger partial charge in [-0.05, 0) is 60.2 Å². The van der Waals surface area contributed by atoms with Crippen molar-refractivity contribution in [2.75, 3.05) is 0 Å². The van der Waals surface area contributed by atoms with Crippen LogP contribution in [0, 0.1) is 17.6 Å². The minimum Gasteiger partial charge on any atom is -0.344 e. The van der Waals surface area contributed by atoms with Crippen LogP contribution in [0.25, 0.3) is 16.7 Å². The van der Waals surface area contributed by atoms with Crippen molar-refractivity contribution >= 4 is 16.9 Å². The minimum atomic E-state index is -3.46. The molecular weight excluding hydrogens is 640 g/mol. The van der Waals surface area contributed by atoms with Gasteiger partial charge >= 0.3 is 0 Å². The van der Waals surface area contributed by atoms with Gasteiger partial charge in [-0.25, -0.2) is 27.5 Å². The van der Waals surface area contributed by atoms with Gasteiger partial charge in [0.05, 0.1) is 23.3 Å². The van der Waals surface area contributed by atoms with Crippen molar-refractivity contribution in [3.63, 3.8) is 0 Å². The molecule has 7 rings (SSSR count). The van der Waals surface area contributed by atoms with E-state index in [0.29, 0.717) is 10.7 Å². The van der Waals surface area contributed by atoms with Gasteiger partial charge in [-0.15, -0.1) is 0 Å². The summed E-state index contributed by atoms with van der Waals surface area (Å²) in [4.78, 5) is 40.8. The lowest BCUT2D eigenvalue weighted by molar-refractivity contribution is -0.123. The van der Waals surface area contributed by atoms with Crippen LogP contribution in [0.15, 0.2) is 59.7 Å². The third-order valence-electron chi connectivity index (χ3n) is 8.76. The fourth-order valence-electron chi connectivity index (χ4n) is 6.52. The average molecular weight is 668 g/mol. The number of rotatable bonds is 9. The van der Waals surface area contributed by atoms with Crippen LogP contribution in [0.3, 0.4) is 0 Å². The normalized spacial score (nSPS) is 18.3. The highest BCUT2D eigenvalue weighted by Crippen LogP contribution is 2.68. The smallest absolute Gasteiger partial charge is 0.293 e. The predicted molar refractivity (Wildman–Crippen MR) is 160 cm³/mol. The number of alkyl halides is 4. The zero-order chi connectivity index (χ0) is 34.1. The second-order valence-corrected chi connectivity index (χ2v) is 12.4. The highest BCUT2D eigenvalue weighted by Gasteiger charge is 2.67. The molecule has 248 valence electrons. The predicted octanol–water partition coefficient (Wildman–Crippen LogP) is 6.02. The van der Waals surface area contributed by atoms with E-state index in [-0.39, 0.29) is 52.4 Å². The van der Waals surface area contributed by atoms with E-state index in [1.54, 1.807) is 18.2 Å². The maximum Gasteiger partial charge on any atom is 0.293 e. The molecule has 2 aliphatic rings. The zero-order valence-corrected chi connectivity index (χ0v) is 25.5. The number of hydrogen-bond acceptors (Lipinski definition) is 6. The second-order valence-electron chi connectivity index (χ2n) is 12.4. The summed E-state index contributed by atoms with van der Waals surface area (Å²) in [6.45, 7) is 2.99. The van der Waals surface area contributed by atoms with E-state index < -0.39 is 71.3 Å². The van der Waals surface area contributed by atoms with Gasteiger partial charge in [-0.1, -0.05) is 13.8 Å². The fraction of sp³-hybridized carbons (Fsp3) is 0.333. The molecule has 0 saturated heterocycles. The summed E-state index contributed by atoms with van der Waals surface area (Å²) in [5.74, 6) is -8.14. The van der Waals surface area contributed by atoms with Gasteiger partial charge in [-0.3, -0.25) is 23.8 Å². The van der Waals surface area contributed by atoms with Crippen LogP contribution >= 0.6 is 0 Å². The van der Waals surface area contributed by atoms with Crippen molar-refractivity contribution in [2.45, 2.75) is 63.5 Å². The van der Waals surface area contributed by atoms with Crippen LogP contribution in [0.5, 0.6) is 0 Å². The van der Waals surface area contributed by atoms with Gasteiger partial charge in [-0.2, -0.15) is 13.9 Å². The summed E-state index contributed by atoms with van der Waals surface area (Å²) in [6.07, 6.45) is -0.551.